The SMILES string of the molecule is Cc1nc(-c2ccc(C(N)=O)c(C)c2NCCCCCCCCCCO)sc1C. The van der Waals surface area contributed by atoms with Crippen molar-refractivity contribution in [1.82, 2.24) is 4.98 Å². The van der Waals surface area contributed by atoms with E-state index >= 15 is 0 Å². The molecule has 0 aliphatic heterocycles. The third kappa shape index (κ3) is 6.82. The lowest BCUT2D eigenvalue weighted by molar-refractivity contribution is 0.1000. The molecule has 2 rings (SSSR count). The van der Waals surface area contributed by atoms with Crippen molar-refractivity contribution in [2.45, 2.75) is 72.1 Å². The van der Waals surface area contributed by atoms with Gasteiger partial charge in [0.2, 0.25) is 5.91 Å². The number of nitrogens with zero attached hydrogens (tertiary/aromatic N) is 1. The van der Waals surface area contributed by atoms with E-state index in [1.807, 2.05) is 19.9 Å². The van der Waals surface area contributed by atoms with Crippen molar-refractivity contribution in [1.29, 1.82) is 0 Å². The van der Waals surface area contributed by atoms with Gasteiger partial charge < -0.3 is 16.2 Å². The van der Waals surface area contributed by atoms with Gasteiger partial charge in [-0.3, -0.25) is 4.79 Å². The summed E-state index contributed by atoms with van der Waals surface area (Å²) in [6.07, 6.45) is 9.29. The first-order valence-corrected chi connectivity index (χ1v) is 11.5. The van der Waals surface area contributed by atoms with Crippen molar-refractivity contribution in [2.75, 3.05) is 18.5 Å². The Bertz CT molecular complexity index is 782. The molecule has 1 amide bonds. The van der Waals surface area contributed by atoms with Gasteiger partial charge in [0, 0.05) is 34.8 Å². The molecule has 160 valence electrons. The second-order valence-corrected chi connectivity index (χ2v) is 8.87. The van der Waals surface area contributed by atoms with Gasteiger partial charge in [0.1, 0.15) is 5.01 Å². The zero-order chi connectivity index (χ0) is 21.2. The molecule has 0 aliphatic rings. The molecule has 5 nitrogen and oxygen atoms in total. The van der Waals surface area contributed by atoms with Crippen molar-refractivity contribution in [2.24, 2.45) is 5.73 Å². The Morgan fingerprint density at radius 2 is 1.66 bits per heavy atom. The minimum Gasteiger partial charge on any atom is -0.396 e. The summed E-state index contributed by atoms with van der Waals surface area (Å²) < 4.78 is 0. The van der Waals surface area contributed by atoms with Gasteiger partial charge in [-0.1, -0.05) is 38.5 Å². The minimum absolute atomic E-state index is 0.310. The molecule has 0 spiro atoms. The summed E-state index contributed by atoms with van der Waals surface area (Å²) in [5.74, 6) is -0.398. The smallest absolute Gasteiger partial charge is 0.249 e. The first-order valence-electron chi connectivity index (χ1n) is 10.7. The third-order valence-corrected chi connectivity index (χ3v) is 6.48. The lowest BCUT2D eigenvalue weighted by atomic mass is 10.0. The average Bonchev–Trinajstić information content (AvgIpc) is 3.02. The summed E-state index contributed by atoms with van der Waals surface area (Å²) in [6.45, 7) is 7.23. The molecule has 1 heterocycles. The zero-order valence-electron chi connectivity index (χ0n) is 18.0. The Balaban J connectivity index is 1.95. The average molecular weight is 418 g/mol. The van der Waals surface area contributed by atoms with Gasteiger partial charge in [0.05, 0.1) is 5.69 Å². The molecule has 1 aromatic carbocycles. The maximum atomic E-state index is 11.8. The Morgan fingerprint density at radius 3 is 2.21 bits per heavy atom. The number of hydrogen-bond donors (Lipinski definition) is 3. The lowest BCUT2D eigenvalue weighted by Crippen LogP contribution is -2.15. The van der Waals surface area contributed by atoms with Crippen molar-refractivity contribution in [3.05, 3.63) is 33.8 Å². The van der Waals surface area contributed by atoms with E-state index in [9.17, 15) is 4.79 Å². The first-order chi connectivity index (χ1) is 14.0. The number of rotatable bonds is 13. The number of primary amides is 1. The van der Waals surface area contributed by atoms with Gasteiger partial charge in [0.25, 0.3) is 0 Å². The van der Waals surface area contributed by atoms with E-state index < -0.39 is 5.91 Å². The summed E-state index contributed by atoms with van der Waals surface area (Å²) in [4.78, 5) is 17.7. The molecule has 1 aromatic heterocycles. The summed E-state index contributed by atoms with van der Waals surface area (Å²) in [6, 6.07) is 3.76. The van der Waals surface area contributed by atoms with Crippen LogP contribution in [0.5, 0.6) is 0 Å². The van der Waals surface area contributed by atoms with E-state index in [0.717, 1.165) is 53.3 Å². The largest absolute Gasteiger partial charge is 0.396 e. The highest BCUT2D eigenvalue weighted by Gasteiger charge is 2.17. The van der Waals surface area contributed by atoms with Crippen molar-refractivity contribution in [3.63, 3.8) is 0 Å². The summed E-state index contributed by atoms with van der Waals surface area (Å²) in [5.41, 5.74) is 10.1. The lowest BCUT2D eigenvalue weighted by Gasteiger charge is -2.16. The molecule has 0 fully saturated rings. The second kappa shape index (κ2) is 11.9. The van der Waals surface area contributed by atoms with Crippen LogP contribution in [0.2, 0.25) is 0 Å². The highest BCUT2D eigenvalue weighted by molar-refractivity contribution is 7.15. The highest BCUT2D eigenvalue weighted by atomic mass is 32.1. The van der Waals surface area contributed by atoms with Gasteiger partial charge in [0.15, 0.2) is 0 Å². The summed E-state index contributed by atoms with van der Waals surface area (Å²) in [5, 5.41) is 13.3. The molecular weight excluding hydrogens is 382 g/mol. The van der Waals surface area contributed by atoms with Crippen LogP contribution in [0.25, 0.3) is 10.6 Å². The van der Waals surface area contributed by atoms with E-state index in [0.29, 0.717) is 12.2 Å². The first kappa shape index (κ1) is 23.4. The van der Waals surface area contributed by atoms with E-state index in [4.69, 9.17) is 15.8 Å². The predicted molar refractivity (Wildman–Crippen MR) is 123 cm³/mol. The maximum Gasteiger partial charge on any atom is 0.249 e. The Kier molecular flexibility index (Phi) is 9.61. The molecule has 0 bridgehead atoms. The van der Waals surface area contributed by atoms with Gasteiger partial charge in [-0.05, 0) is 51.3 Å². The molecule has 0 atom stereocenters. The van der Waals surface area contributed by atoms with E-state index in [2.05, 4.69) is 12.2 Å². The zero-order valence-corrected chi connectivity index (χ0v) is 18.8. The van der Waals surface area contributed by atoms with E-state index in [1.165, 1.54) is 37.0 Å². The van der Waals surface area contributed by atoms with Crippen LogP contribution in [0.4, 0.5) is 5.69 Å². The summed E-state index contributed by atoms with van der Waals surface area (Å²) >= 11 is 1.68. The Morgan fingerprint density at radius 1 is 1.03 bits per heavy atom. The number of aliphatic hydroxyl groups excluding tert-OH is 1. The highest BCUT2D eigenvalue weighted by Crippen LogP contribution is 2.36. The number of amides is 1. The topological polar surface area (TPSA) is 88.2 Å². The number of aliphatic hydroxyl groups is 1. The van der Waals surface area contributed by atoms with Crippen molar-refractivity contribution in [3.8, 4) is 10.6 Å². The fourth-order valence-electron chi connectivity index (χ4n) is 3.48. The van der Waals surface area contributed by atoms with E-state index in [1.54, 1.807) is 17.4 Å². The number of aromatic nitrogens is 1. The van der Waals surface area contributed by atoms with Crippen LogP contribution in [0.1, 0.15) is 77.9 Å². The molecule has 0 saturated carbocycles. The normalized spacial score (nSPS) is 11.0. The fraction of sp³-hybridized carbons (Fsp3) is 0.565. The van der Waals surface area contributed by atoms with Crippen LogP contribution in [-0.2, 0) is 0 Å². The molecule has 0 aliphatic carbocycles. The van der Waals surface area contributed by atoms with Crippen LogP contribution >= 0.6 is 11.3 Å². The molecule has 2 aromatic rings. The fourth-order valence-corrected chi connectivity index (χ4v) is 4.43. The number of nitrogens with two attached hydrogens (primary N) is 1. The van der Waals surface area contributed by atoms with Crippen LogP contribution in [0.3, 0.4) is 0 Å². The standard InChI is InChI=1S/C23H35N3O2S/c1-16-19(22(24)28)12-13-20(23-26-17(2)18(3)29-23)21(16)25-14-10-8-6-4-5-7-9-11-15-27/h12-13,25,27H,4-11,14-15H2,1-3H3,(H2,24,28). The molecular formula is C23H35N3O2S. The maximum absolute atomic E-state index is 11.8. The second-order valence-electron chi connectivity index (χ2n) is 7.66. The number of anilines is 1. The van der Waals surface area contributed by atoms with Gasteiger partial charge in [-0.15, -0.1) is 11.3 Å². The van der Waals surface area contributed by atoms with E-state index in [-0.39, 0.29) is 0 Å². The minimum atomic E-state index is -0.398. The molecule has 0 radical (unpaired) electrons. The monoisotopic (exact) mass is 417 g/mol. The molecule has 0 saturated heterocycles. The van der Waals surface area contributed by atoms with Crippen LogP contribution in [0, 0.1) is 20.8 Å². The number of aryl methyl sites for hydroxylation is 2. The predicted octanol–water partition coefficient (Wildman–Crippen LogP) is 5.36. The Labute approximate surface area is 178 Å². The number of nitrogens with one attached hydrogen (secondary N) is 1. The summed E-state index contributed by atoms with van der Waals surface area (Å²) in [7, 11) is 0. The number of unbranched alkanes of at least 4 members (excludes halogenated alkanes) is 7. The Hall–Kier alpha value is -1.92. The number of hydrogen-bond acceptors (Lipinski definition) is 5. The third-order valence-electron chi connectivity index (χ3n) is 5.38. The quantitative estimate of drug-likeness (QED) is 0.383. The molecule has 4 N–H and O–H groups in total. The number of benzene rings is 1. The van der Waals surface area contributed by atoms with Crippen molar-refractivity contribution >= 4 is 22.9 Å². The van der Waals surface area contributed by atoms with Crippen LogP contribution in [0.15, 0.2) is 12.1 Å². The molecule has 29 heavy (non-hydrogen) atoms. The van der Waals surface area contributed by atoms with Gasteiger partial charge in [-0.2, -0.15) is 0 Å². The van der Waals surface area contributed by atoms with Gasteiger partial charge >= 0.3 is 0 Å². The number of thiazole rings is 1. The van der Waals surface area contributed by atoms with Crippen molar-refractivity contribution < 1.29 is 9.90 Å². The number of carbonyl (C=O) groups is 1. The van der Waals surface area contributed by atoms with Crippen LogP contribution < -0.4 is 11.1 Å². The van der Waals surface area contributed by atoms with Crippen LogP contribution in [-0.4, -0.2) is 29.1 Å². The molecule has 0 unspecified atom stereocenters. The van der Waals surface area contributed by atoms with Gasteiger partial charge in [-0.25, -0.2) is 4.98 Å². The molecule has 6 heteroatoms. The number of carbonyl (C=O) groups excluding carboxylic acids is 1.